The van der Waals surface area contributed by atoms with E-state index in [4.69, 9.17) is 4.99 Å². The number of hydrogen-bond donors (Lipinski definition) is 1. The van der Waals surface area contributed by atoms with E-state index in [1.807, 2.05) is 16.7 Å². The first-order valence-corrected chi connectivity index (χ1v) is 11.7. The number of aliphatic imine (C=N–C) groups is 1. The number of hydrogen-bond acceptors (Lipinski definition) is 4. The minimum absolute atomic E-state index is 0.123. The first kappa shape index (κ1) is 21.8. The Morgan fingerprint density at radius 1 is 1.28 bits per heavy atom. The molecular formula is C20H30F2N4O2S. The largest absolute Gasteiger partial charge is 0.371 e. The standard InChI is InChI=1S/C20H30F2N4O2S/c1-4-23-19(26-9-10-29(27,28)20(2,3)14-26)24-12-15-7-8-25(13-15)16-5-6-17(21)18(22)11-16/h5-6,11,15H,4,7-10,12-14H2,1-3H3,(H,23,24). The van der Waals surface area contributed by atoms with Crippen LogP contribution in [-0.4, -0.2) is 69.0 Å². The van der Waals surface area contributed by atoms with Gasteiger partial charge in [-0.15, -0.1) is 0 Å². The second-order valence-electron chi connectivity index (χ2n) is 8.39. The van der Waals surface area contributed by atoms with Crippen molar-refractivity contribution in [3.8, 4) is 0 Å². The highest BCUT2D eigenvalue weighted by Crippen LogP contribution is 2.26. The zero-order chi connectivity index (χ0) is 21.2. The highest BCUT2D eigenvalue weighted by Gasteiger charge is 2.41. The van der Waals surface area contributed by atoms with Crippen LogP contribution in [0.2, 0.25) is 0 Å². The van der Waals surface area contributed by atoms with E-state index in [1.165, 1.54) is 6.07 Å². The van der Waals surface area contributed by atoms with Gasteiger partial charge in [0.05, 0.1) is 10.5 Å². The Balaban J connectivity index is 1.64. The summed E-state index contributed by atoms with van der Waals surface area (Å²) in [6.07, 6.45) is 0.918. The fourth-order valence-electron chi connectivity index (χ4n) is 3.86. The summed E-state index contributed by atoms with van der Waals surface area (Å²) >= 11 is 0. The van der Waals surface area contributed by atoms with Crippen LogP contribution in [0.25, 0.3) is 0 Å². The van der Waals surface area contributed by atoms with Gasteiger partial charge in [-0.1, -0.05) is 0 Å². The van der Waals surface area contributed by atoms with Crippen molar-refractivity contribution in [3.05, 3.63) is 29.8 Å². The number of guanidine groups is 1. The Kier molecular flexibility index (Phi) is 6.36. The molecule has 1 aromatic rings. The van der Waals surface area contributed by atoms with E-state index in [-0.39, 0.29) is 5.75 Å². The van der Waals surface area contributed by atoms with Crippen LogP contribution in [0.4, 0.5) is 14.5 Å². The number of anilines is 1. The van der Waals surface area contributed by atoms with Crippen LogP contribution in [0.3, 0.4) is 0 Å². The second-order valence-corrected chi connectivity index (χ2v) is 11.1. The molecule has 2 saturated heterocycles. The molecule has 2 aliphatic rings. The second kappa shape index (κ2) is 8.45. The number of sulfone groups is 1. The third-order valence-corrected chi connectivity index (χ3v) is 8.26. The number of halogens is 2. The number of benzene rings is 1. The average Bonchev–Trinajstić information content (AvgIpc) is 3.12. The minimum Gasteiger partial charge on any atom is -0.371 e. The van der Waals surface area contributed by atoms with Crippen molar-refractivity contribution < 1.29 is 17.2 Å². The zero-order valence-corrected chi connectivity index (χ0v) is 18.1. The molecule has 0 aromatic heterocycles. The van der Waals surface area contributed by atoms with Gasteiger partial charge in [-0.05, 0) is 45.2 Å². The number of rotatable bonds is 4. The van der Waals surface area contributed by atoms with Crippen LogP contribution >= 0.6 is 0 Å². The number of nitrogens with zero attached hydrogens (tertiary/aromatic N) is 3. The molecule has 1 N–H and O–H groups in total. The van der Waals surface area contributed by atoms with Crippen molar-refractivity contribution in [2.75, 3.05) is 49.9 Å². The summed E-state index contributed by atoms with van der Waals surface area (Å²) in [5.41, 5.74) is 0.685. The summed E-state index contributed by atoms with van der Waals surface area (Å²) in [5.74, 6) is -0.505. The maximum Gasteiger partial charge on any atom is 0.194 e. The molecule has 0 bridgehead atoms. The fourth-order valence-corrected chi connectivity index (χ4v) is 5.23. The number of nitrogens with one attached hydrogen (secondary N) is 1. The van der Waals surface area contributed by atoms with Crippen molar-refractivity contribution in [3.63, 3.8) is 0 Å². The Morgan fingerprint density at radius 3 is 2.69 bits per heavy atom. The van der Waals surface area contributed by atoms with E-state index in [0.29, 0.717) is 37.8 Å². The van der Waals surface area contributed by atoms with Crippen LogP contribution in [0.5, 0.6) is 0 Å². The molecular weight excluding hydrogens is 398 g/mol. The molecule has 162 valence electrons. The first-order chi connectivity index (χ1) is 13.6. The lowest BCUT2D eigenvalue weighted by atomic mass is 10.1. The van der Waals surface area contributed by atoms with Crippen LogP contribution in [0.15, 0.2) is 23.2 Å². The maximum atomic E-state index is 13.5. The molecule has 0 spiro atoms. The van der Waals surface area contributed by atoms with E-state index in [0.717, 1.165) is 31.5 Å². The topological polar surface area (TPSA) is 65.0 Å². The lowest BCUT2D eigenvalue weighted by Crippen LogP contribution is -2.57. The van der Waals surface area contributed by atoms with Gasteiger partial charge in [-0.2, -0.15) is 0 Å². The Morgan fingerprint density at radius 2 is 2.03 bits per heavy atom. The molecule has 0 amide bonds. The van der Waals surface area contributed by atoms with Gasteiger partial charge in [-0.25, -0.2) is 17.2 Å². The highest BCUT2D eigenvalue weighted by molar-refractivity contribution is 7.92. The lowest BCUT2D eigenvalue weighted by Gasteiger charge is -2.39. The molecule has 0 radical (unpaired) electrons. The molecule has 3 rings (SSSR count). The van der Waals surface area contributed by atoms with Crippen LogP contribution < -0.4 is 10.2 Å². The summed E-state index contributed by atoms with van der Waals surface area (Å²) in [6, 6.07) is 4.00. The quantitative estimate of drug-likeness (QED) is 0.589. The monoisotopic (exact) mass is 428 g/mol. The van der Waals surface area contributed by atoms with Crippen LogP contribution in [-0.2, 0) is 9.84 Å². The Labute approximate surface area is 171 Å². The van der Waals surface area contributed by atoms with E-state index in [2.05, 4.69) is 5.32 Å². The van der Waals surface area contributed by atoms with E-state index in [1.54, 1.807) is 19.9 Å². The normalized spacial score (nSPS) is 24.0. The van der Waals surface area contributed by atoms with Crippen LogP contribution in [0, 0.1) is 17.6 Å². The smallest absolute Gasteiger partial charge is 0.194 e. The summed E-state index contributed by atoms with van der Waals surface area (Å²) in [5, 5.41) is 3.27. The fraction of sp³-hybridized carbons (Fsp3) is 0.650. The molecule has 1 unspecified atom stereocenters. The summed E-state index contributed by atoms with van der Waals surface area (Å²) in [6.45, 7) is 9.16. The van der Waals surface area contributed by atoms with E-state index >= 15 is 0 Å². The summed E-state index contributed by atoms with van der Waals surface area (Å²) in [4.78, 5) is 8.84. The minimum atomic E-state index is -3.11. The van der Waals surface area contributed by atoms with Crippen LogP contribution in [0.1, 0.15) is 27.2 Å². The predicted molar refractivity (Wildman–Crippen MR) is 112 cm³/mol. The molecule has 0 aliphatic carbocycles. The van der Waals surface area contributed by atoms with E-state index in [9.17, 15) is 17.2 Å². The van der Waals surface area contributed by atoms with Crippen molar-refractivity contribution >= 4 is 21.5 Å². The van der Waals surface area contributed by atoms with Gasteiger partial charge in [0.2, 0.25) is 0 Å². The summed E-state index contributed by atoms with van der Waals surface area (Å²) < 4.78 is 50.4. The average molecular weight is 429 g/mol. The Hall–Kier alpha value is -1.90. The van der Waals surface area contributed by atoms with Gasteiger partial charge in [0.1, 0.15) is 0 Å². The molecule has 0 saturated carbocycles. The molecule has 2 fully saturated rings. The third-order valence-electron chi connectivity index (χ3n) is 5.73. The molecule has 2 aliphatic heterocycles. The van der Waals surface area contributed by atoms with Gasteiger partial charge in [0.25, 0.3) is 0 Å². The van der Waals surface area contributed by atoms with E-state index < -0.39 is 26.2 Å². The maximum absolute atomic E-state index is 13.5. The van der Waals surface area contributed by atoms with Gasteiger partial charge < -0.3 is 15.1 Å². The SMILES string of the molecule is CCNC(=NCC1CCN(c2ccc(F)c(F)c2)C1)N1CCS(=O)(=O)C(C)(C)C1. The van der Waals surface area contributed by atoms with Gasteiger partial charge >= 0.3 is 0 Å². The van der Waals surface area contributed by atoms with Crippen molar-refractivity contribution in [2.45, 2.75) is 31.9 Å². The predicted octanol–water partition coefficient (Wildman–Crippen LogP) is 2.27. The van der Waals surface area contributed by atoms with Crippen molar-refractivity contribution in [2.24, 2.45) is 10.9 Å². The van der Waals surface area contributed by atoms with Crippen molar-refractivity contribution in [1.82, 2.24) is 10.2 Å². The van der Waals surface area contributed by atoms with Crippen molar-refractivity contribution in [1.29, 1.82) is 0 Å². The molecule has 29 heavy (non-hydrogen) atoms. The zero-order valence-electron chi connectivity index (χ0n) is 17.3. The molecule has 1 aromatic carbocycles. The molecule has 2 heterocycles. The van der Waals surface area contributed by atoms with Gasteiger partial charge in [0.15, 0.2) is 27.4 Å². The highest BCUT2D eigenvalue weighted by atomic mass is 32.2. The molecule has 1 atom stereocenters. The van der Waals surface area contributed by atoms with Gasteiger partial charge in [-0.3, -0.25) is 4.99 Å². The molecule has 9 heteroatoms. The lowest BCUT2D eigenvalue weighted by molar-refractivity contribution is 0.352. The summed E-state index contributed by atoms with van der Waals surface area (Å²) in [7, 11) is -3.11. The molecule has 6 nitrogen and oxygen atoms in total. The Bertz CT molecular complexity index is 873. The first-order valence-electron chi connectivity index (χ1n) is 10.1. The van der Waals surface area contributed by atoms with Gasteiger partial charge in [0, 0.05) is 51.0 Å². The third kappa shape index (κ3) is 4.82.